The molecule has 0 spiro atoms. The summed E-state index contributed by atoms with van der Waals surface area (Å²) in [6.45, 7) is 4.59. The Balaban J connectivity index is 4.29. The number of hydrogen-bond acceptors (Lipinski definition) is 8. The smallest absolute Gasteiger partial charge is 0.306 e. The number of quaternary nitrogens is 1. The summed E-state index contributed by atoms with van der Waals surface area (Å²) in [5.74, 6) is -2.34. The Morgan fingerprint density at radius 3 is 1.05 bits per heavy atom. The molecular weight excluding hydrogens is 1030 g/mol. The van der Waals surface area contributed by atoms with Crippen LogP contribution < -0.4 is 5.11 Å². The lowest BCUT2D eigenvalue weighted by Crippen LogP contribution is -2.44. The van der Waals surface area contributed by atoms with Crippen LogP contribution in [0.1, 0.15) is 245 Å². The van der Waals surface area contributed by atoms with Gasteiger partial charge in [0.2, 0.25) is 0 Å². The van der Waals surface area contributed by atoms with Gasteiger partial charge in [0.1, 0.15) is 13.2 Å². The van der Waals surface area contributed by atoms with Crippen LogP contribution in [0.3, 0.4) is 0 Å². The molecular formula is C74H121NO8. The maximum atomic E-state index is 12.9. The number of carboxylic acid groups (broad SMARTS) is 1. The fraction of sp³-hybridized carbons (Fsp3) is 0.635. The largest absolute Gasteiger partial charge is 0.545 e. The van der Waals surface area contributed by atoms with E-state index in [2.05, 4.69) is 160 Å². The second kappa shape index (κ2) is 63.2. The number of rotatable bonds is 59. The van der Waals surface area contributed by atoms with E-state index in [0.29, 0.717) is 17.4 Å². The molecule has 9 heteroatoms. The summed E-state index contributed by atoms with van der Waals surface area (Å²) < 4.78 is 22.7. The van der Waals surface area contributed by atoms with Gasteiger partial charge in [-0.3, -0.25) is 9.59 Å². The van der Waals surface area contributed by atoms with E-state index in [1.54, 1.807) is 0 Å². The summed E-state index contributed by atoms with van der Waals surface area (Å²) in [5, 5.41) is 11.8. The summed E-state index contributed by atoms with van der Waals surface area (Å²) >= 11 is 0. The molecule has 0 aliphatic rings. The first-order valence-electron chi connectivity index (χ1n) is 33.0. The number of likely N-dealkylation sites (N-methyl/N-ethyl adjacent to an activating group) is 1. The van der Waals surface area contributed by atoms with Crippen LogP contribution in [0.25, 0.3) is 0 Å². The van der Waals surface area contributed by atoms with Gasteiger partial charge >= 0.3 is 11.9 Å². The van der Waals surface area contributed by atoms with Gasteiger partial charge in [-0.2, -0.15) is 0 Å². The van der Waals surface area contributed by atoms with E-state index in [-0.39, 0.29) is 38.6 Å². The zero-order chi connectivity index (χ0) is 60.5. The Hall–Kier alpha value is -4.83. The van der Waals surface area contributed by atoms with Gasteiger partial charge in [0, 0.05) is 12.8 Å². The van der Waals surface area contributed by atoms with Crippen molar-refractivity contribution < 1.29 is 42.9 Å². The number of carbonyl (C=O) groups is 3. The van der Waals surface area contributed by atoms with Crippen molar-refractivity contribution in [2.24, 2.45) is 0 Å². The van der Waals surface area contributed by atoms with Crippen LogP contribution in [0.5, 0.6) is 0 Å². The highest BCUT2D eigenvalue weighted by molar-refractivity contribution is 5.70. The summed E-state index contributed by atoms with van der Waals surface area (Å²) in [6, 6.07) is 0. The van der Waals surface area contributed by atoms with Crippen LogP contribution >= 0.6 is 0 Å². The second-order valence-corrected chi connectivity index (χ2v) is 22.7. The van der Waals surface area contributed by atoms with Crippen LogP contribution in [-0.2, 0) is 33.3 Å². The summed E-state index contributed by atoms with van der Waals surface area (Å²) in [5.41, 5.74) is 0. The normalized spacial score (nSPS) is 13.7. The molecule has 0 fully saturated rings. The first-order valence-corrected chi connectivity index (χ1v) is 33.0. The summed E-state index contributed by atoms with van der Waals surface area (Å²) in [6.07, 6.45) is 89.1. The zero-order valence-corrected chi connectivity index (χ0v) is 53.5. The molecule has 0 aromatic carbocycles. The Morgan fingerprint density at radius 1 is 0.373 bits per heavy atom. The van der Waals surface area contributed by atoms with Gasteiger partial charge < -0.3 is 33.3 Å². The third-order valence-corrected chi connectivity index (χ3v) is 13.6. The standard InChI is InChI=1S/C74H121NO8/c1-6-8-10-12-14-16-18-20-22-24-26-28-29-30-31-32-33-34-35-36-37-38-39-40-41-42-43-45-47-49-51-53-55-57-59-61-63-65-72(77)83-70(69-82-74(73(78)79)80-67-66-75(3,4)5)68-81-71(76)64-62-60-58-56-54-52-50-48-46-44-27-25-23-21-19-17-15-13-11-9-7-2/h8,10,14,16,20,22,25-28,30-31,33-34,36-37,39-40,42-43,47,49,53,55,70,74H,6-7,9,11-13,15,17-19,21,23-24,29,32,35,38,41,44-46,48,50-52,54,56-69H2,1-5H3/b10-8-,16-14-,22-20-,27-25-,28-26-,31-30-,34-33-,37-36-,40-39-,43-42-,49-47-,55-53-. The molecule has 0 radical (unpaired) electrons. The zero-order valence-electron chi connectivity index (χ0n) is 53.5. The quantitative estimate of drug-likeness (QED) is 0.0195. The fourth-order valence-corrected chi connectivity index (χ4v) is 8.54. The van der Waals surface area contributed by atoms with Gasteiger partial charge in [-0.1, -0.05) is 256 Å². The average Bonchev–Trinajstić information content (AvgIpc) is 3.46. The number of carbonyl (C=O) groups excluding carboxylic acids is 3. The maximum Gasteiger partial charge on any atom is 0.306 e. The van der Waals surface area contributed by atoms with E-state index >= 15 is 0 Å². The van der Waals surface area contributed by atoms with Gasteiger partial charge in [0.05, 0.1) is 40.3 Å². The molecule has 0 rings (SSSR count). The van der Waals surface area contributed by atoms with Crippen LogP contribution in [0.15, 0.2) is 146 Å². The van der Waals surface area contributed by atoms with E-state index in [1.165, 1.54) is 103 Å². The minimum atomic E-state index is -1.64. The predicted octanol–water partition coefficient (Wildman–Crippen LogP) is 19.0. The molecule has 2 atom stereocenters. The third-order valence-electron chi connectivity index (χ3n) is 13.6. The molecule has 0 aromatic rings. The van der Waals surface area contributed by atoms with Crippen LogP contribution in [0.2, 0.25) is 0 Å². The van der Waals surface area contributed by atoms with Crippen molar-refractivity contribution in [3.8, 4) is 0 Å². The molecule has 9 nitrogen and oxygen atoms in total. The Bertz CT molecular complexity index is 1870. The van der Waals surface area contributed by atoms with E-state index in [0.717, 1.165) is 109 Å². The van der Waals surface area contributed by atoms with Crippen molar-refractivity contribution in [1.29, 1.82) is 0 Å². The number of carboxylic acids is 1. The number of allylic oxidation sites excluding steroid dienone is 24. The number of nitrogens with zero attached hydrogens (tertiary/aromatic N) is 1. The number of esters is 2. The molecule has 0 aromatic heterocycles. The number of unbranched alkanes of at least 4 members (excludes halogenated alkanes) is 20. The Kier molecular flexibility index (Phi) is 59.5. The maximum absolute atomic E-state index is 12.9. The molecule has 0 saturated heterocycles. The van der Waals surface area contributed by atoms with Crippen LogP contribution in [0.4, 0.5) is 0 Å². The Labute approximate surface area is 509 Å². The molecule has 83 heavy (non-hydrogen) atoms. The van der Waals surface area contributed by atoms with Gasteiger partial charge in [-0.15, -0.1) is 0 Å². The van der Waals surface area contributed by atoms with Crippen molar-refractivity contribution in [3.05, 3.63) is 146 Å². The monoisotopic (exact) mass is 1150 g/mol. The lowest BCUT2D eigenvalue weighted by atomic mass is 10.1. The molecule has 0 aliphatic heterocycles. The average molecular weight is 1150 g/mol. The molecule has 0 heterocycles. The minimum absolute atomic E-state index is 0.133. The van der Waals surface area contributed by atoms with Crippen molar-refractivity contribution >= 4 is 17.9 Å². The summed E-state index contributed by atoms with van der Waals surface area (Å²) in [4.78, 5) is 37.4. The number of ether oxygens (including phenoxy) is 4. The van der Waals surface area contributed by atoms with Gasteiger partial charge in [-0.25, -0.2) is 0 Å². The molecule has 0 amide bonds. The number of hydrogen-bond donors (Lipinski definition) is 0. The second-order valence-electron chi connectivity index (χ2n) is 22.7. The molecule has 470 valence electrons. The highest BCUT2D eigenvalue weighted by Gasteiger charge is 2.22. The predicted molar refractivity (Wildman–Crippen MR) is 352 cm³/mol. The topological polar surface area (TPSA) is 111 Å². The highest BCUT2D eigenvalue weighted by Crippen LogP contribution is 2.15. The van der Waals surface area contributed by atoms with Crippen molar-refractivity contribution in [2.45, 2.75) is 257 Å². The molecule has 0 saturated carbocycles. The number of aliphatic carboxylic acids is 1. The molecule has 0 bridgehead atoms. The molecule has 2 unspecified atom stereocenters. The van der Waals surface area contributed by atoms with Crippen molar-refractivity contribution in [1.82, 2.24) is 0 Å². The van der Waals surface area contributed by atoms with E-state index in [9.17, 15) is 19.5 Å². The van der Waals surface area contributed by atoms with E-state index in [4.69, 9.17) is 18.9 Å². The van der Waals surface area contributed by atoms with Gasteiger partial charge in [0.25, 0.3) is 0 Å². The fourth-order valence-electron chi connectivity index (χ4n) is 8.54. The van der Waals surface area contributed by atoms with Crippen LogP contribution in [-0.4, -0.2) is 82.3 Å². The Morgan fingerprint density at radius 2 is 0.687 bits per heavy atom. The SMILES string of the molecule is CC/C=C\C/C=C\C/C=C\C/C=C\C/C=C\C/C=C\C/C=C\C/C=C\C/C=C\C/C=C\C/C=C\CCCCCC(=O)OC(COC(=O)CCCCCCCCCCC/C=C\CCCCCCCCCC)COC(OCC[N+](C)(C)C)C(=O)[O-]. The van der Waals surface area contributed by atoms with Crippen LogP contribution in [0, 0.1) is 0 Å². The van der Waals surface area contributed by atoms with Gasteiger partial charge in [0.15, 0.2) is 12.4 Å². The van der Waals surface area contributed by atoms with Crippen molar-refractivity contribution in [3.63, 3.8) is 0 Å². The molecule has 0 N–H and O–H groups in total. The lowest BCUT2D eigenvalue weighted by molar-refractivity contribution is -0.870. The first kappa shape index (κ1) is 78.2. The minimum Gasteiger partial charge on any atom is -0.545 e. The summed E-state index contributed by atoms with van der Waals surface area (Å²) in [7, 11) is 5.90. The highest BCUT2D eigenvalue weighted by atomic mass is 16.7. The van der Waals surface area contributed by atoms with Crippen molar-refractivity contribution in [2.75, 3.05) is 47.5 Å². The van der Waals surface area contributed by atoms with E-state index < -0.39 is 24.3 Å². The third kappa shape index (κ3) is 64.6. The first-order chi connectivity index (χ1) is 40.6. The molecule has 0 aliphatic carbocycles. The lowest BCUT2D eigenvalue weighted by Gasteiger charge is -2.26. The van der Waals surface area contributed by atoms with E-state index in [1.807, 2.05) is 21.1 Å². The van der Waals surface area contributed by atoms with Gasteiger partial charge in [-0.05, 0) is 122 Å².